The van der Waals surface area contributed by atoms with Crippen LogP contribution in [0.5, 0.6) is 0 Å². The van der Waals surface area contributed by atoms with Gasteiger partial charge in [0.15, 0.2) is 0 Å². The van der Waals surface area contributed by atoms with E-state index in [1.165, 1.54) is 6.42 Å². The van der Waals surface area contributed by atoms with Crippen molar-refractivity contribution in [2.45, 2.75) is 25.8 Å². The van der Waals surface area contributed by atoms with Gasteiger partial charge in [0.25, 0.3) is 0 Å². The molecule has 5 aromatic rings. The van der Waals surface area contributed by atoms with Crippen LogP contribution in [-0.2, 0) is 0 Å². The van der Waals surface area contributed by atoms with Crippen LogP contribution in [0, 0.1) is 6.92 Å². The van der Waals surface area contributed by atoms with E-state index in [-0.39, 0.29) is 0 Å². The normalized spacial score (nSPS) is 16.3. The minimum atomic E-state index is 0.395. The number of aryl methyl sites for hydroxylation is 1. The SMILES string of the molecule is Cc1cccc(-c2n[nH]nc2-c2ccc3ncc(-c4cnn(C5CCCNC5)c4)cc3n2)n1. The van der Waals surface area contributed by atoms with Crippen molar-refractivity contribution in [3.05, 3.63) is 60.7 Å². The maximum atomic E-state index is 4.86. The van der Waals surface area contributed by atoms with Crippen LogP contribution in [-0.4, -0.2) is 53.2 Å². The number of hydrogen-bond donors (Lipinski definition) is 2. The molecule has 0 bridgehead atoms. The Balaban J connectivity index is 1.36. The zero-order chi connectivity index (χ0) is 22.2. The zero-order valence-electron chi connectivity index (χ0n) is 18.2. The van der Waals surface area contributed by atoms with E-state index in [1.54, 1.807) is 0 Å². The molecule has 1 atom stereocenters. The van der Waals surface area contributed by atoms with Crippen LogP contribution in [0.2, 0.25) is 0 Å². The number of pyridine rings is 3. The number of aromatic nitrogens is 8. The number of fused-ring (bicyclic) bond motifs is 1. The van der Waals surface area contributed by atoms with Crippen molar-refractivity contribution in [1.82, 2.24) is 45.5 Å². The molecule has 1 unspecified atom stereocenters. The first-order chi connectivity index (χ1) is 16.2. The van der Waals surface area contributed by atoms with Crippen molar-refractivity contribution in [2.24, 2.45) is 0 Å². The molecule has 1 fully saturated rings. The molecule has 2 N–H and O–H groups in total. The summed E-state index contributed by atoms with van der Waals surface area (Å²) in [5.74, 6) is 0. The van der Waals surface area contributed by atoms with E-state index in [0.717, 1.165) is 58.8 Å². The monoisotopic (exact) mass is 437 g/mol. The molecule has 9 nitrogen and oxygen atoms in total. The molecule has 6 heterocycles. The Kier molecular flexibility index (Phi) is 4.88. The lowest BCUT2D eigenvalue weighted by molar-refractivity contribution is 0.347. The van der Waals surface area contributed by atoms with Crippen molar-refractivity contribution in [3.63, 3.8) is 0 Å². The molecule has 164 valence electrons. The Morgan fingerprint density at radius 3 is 2.64 bits per heavy atom. The Hall–Kier alpha value is -3.98. The van der Waals surface area contributed by atoms with Gasteiger partial charge >= 0.3 is 0 Å². The number of nitrogens with zero attached hydrogens (tertiary/aromatic N) is 7. The Morgan fingerprint density at radius 1 is 0.939 bits per heavy atom. The second kappa shape index (κ2) is 8.18. The fourth-order valence-corrected chi connectivity index (χ4v) is 4.31. The third kappa shape index (κ3) is 3.76. The lowest BCUT2D eigenvalue weighted by atomic mass is 10.1. The van der Waals surface area contributed by atoms with Gasteiger partial charge in [-0.25, -0.2) is 4.98 Å². The van der Waals surface area contributed by atoms with Gasteiger partial charge in [-0.05, 0) is 56.6 Å². The van der Waals surface area contributed by atoms with E-state index in [2.05, 4.69) is 52.7 Å². The summed E-state index contributed by atoms with van der Waals surface area (Å²) in [6.07, 6.45) is 8.20. The maximum Gasteiger partial charge on any atom is 0.140 e. The largest absolute Gasteiger partial charge is 0.315 e. The van der Waals surface area contributed by atoms with Crippen LogP contribution in [0.25, 0.3) is 44.9 Å². The van der Waals surface area contributed by atoms with E-state index in [4.69, 9.17) is 4.98 Å². The second-order valence-electron chi connectivity index (χ2n) is 8.35. The summed E-state index contributed by atoms with van der Waals surface area (Å²) >= 11 is 0. The fourth-order valence-electron chi connectivity index (χ4n) is 4.31. The average molecular weight is 438 g/mol. The van der Waals surface area contributed by atoms with Crippen molar-refractivity contribution >= 4 is 11.0 Å². The Morgan fingerprint density at radius 2 is 1.82 bits per heavy atom. The highest BCUT2D eigenvalue weighted by atomic mass is 15.3. The van der Waals surface area contributed by atoms with Gasteiger partial charge in [0.2, 0.25) is 0 Å². The van der Waals surface area contributed by atoms with Gasteiger partial charge in [-0.2, -0.15) is 20.5 Å². The van der Waals surface area contributed by atoms with Gasteiger partial charge in [-0.3, -0.25) is 14.6 Å². The van der Waals surface area contributed by atoms with Crippen LogP contribution < -0.4 is 5.32 Å². The number of hydrogen-bond acceptors (Lipinski definition) is 7. The van der Waals surface area contributed by atoms with Gasteiger partial charge in [0.05, 0.1) is 34.7 Å². The molecule has 0 aromatic carbocycles. The van der Waals surface area contributed by atoms with Crippen molar-refractivity contribution in [1.29, 1.82) is 0 Å². The third-order valence-electron chi connectivity index (χ3n) is 6.04. The van der Waals surface area contributed by atoms with E-state index in [0.29, 0.717) is 17.4 Å². The number of rotatable bonds is 4. The van der Waals surface area contributed by atoms with Crippen molar-refractivity contribution < 1.29 is 0 Å². The molecule has 0 amide bonds. The lowest BCUT2D eigenvalue weighted by Gasteiger charge is -2.22. The zero-order valence-corrected chi connectivity index (χ0v) is 18.2. The Labute approximate surface area is 190 Å². The van der Waals surface area contributed by atoms with Crippen LogP contribution in [0.4, 0.5) is 0 Å². The molecule has 0 radical (unpaired) electrons. The van der Waals surface area contributed by atoms with Gasteiger partial charge in [-0.15, -0.1) is 0 Å². The highest BCUT2D eigenvalue weighted by Crippen LogP contribution is 2.29. The quantitative estimate of drug-likeness (QED) is 0.442. The van der Waals surface area contributed by atoms with E-state index in [9.17, 15) is 0 Å². The van der Waals surface area contributed by atoms with Gasteiger partial charge in [0, 0.05) is 35.8 Å². The van der Waals surface area contributed by atoms with Crippen LogP contribution in [0.3, 0.4) is 0 Å². The number of piperidine rings is 1. The van der Waals surface area contributed by atoms with Crippen LogP contribution >= 0.6 is 0 Å². The smallest absolute Gasteiger partial charge is 0.140 e. The molecular formula is C24H23N9. The summed E-state index contributed by atoms with van der Waals surface area (Å²) in [7, 11) is 0. The van der Waals surface area contributed by atoms with Gasteiger partial charge in [-0.1, -0.05) is 6.07 Å². The first-order valence-electron chi connectivity index (χ1n) is 11.1. The fraction of sp³-hybridized carbons (Fsp3) is 0.250. The highest BCUT2D eigenvalue weighted by Gasteiger charge is 2.18. The molecule has 1 saturated heterocycles. The topological polar surface area (TPSA) is 110 Å². The van der Waals surface area contributed by atoms with E-state index in [1.807, 2.05) is 49.6 Å². The average Bonchev–Trinajstić information content (AvgIpc) is 3.54. The molecule has 1 aliphatic heterocycles. The molecule has 0 aliphatic carbocycles. The molecule has 33 heavy (non-hydrogen) atoms. The van der Waals surface area contributed by atoms with Gasteiger partial charge < -0.3 is 5.32 Å². The summed E-state index contributed by atoms with van der Waals surface area (Å²) in [6.45, 7) is 4.00. The molecule has 5 aromatic heterocycles. The molecule has 6 rings (SSSR count). The molecule has 0 spiro atoms. The molecule has 1 aliphatic rings. The van der Waals surface area contributed by atoms with Crippen LogP contribution in [0.1, 0.15) is 24.6 Å². The standard InChI is InChI=1S/C24H23N9/c1-15-4-2-6-20(28-15)23-24(31-32-30-23)21-8-7-19-22(29-21)10-16(11-26-19)17-12-27-33(14-17)18-5-3-9-25-13-18/h2,4,6-8,10-12,14,18,25H,3,5,9,13H2,1H3,(H,30,31,32). The predicted molar refractivity (Wildman–Crippen MR) is 125 cm³/mol. The summed E-state index contributed by atoms with van der Waals surface area (Å²) in [6, 6.07) is 12.2. The van der Waals surface area contributed by atoms with Crippen LogP contribution in [0.15, 0.2) is 55.0 Å². The predicted octanol–water partition coefficient (Wildman–Crippen LogP) is 3.57. The first-order valence-corrected chi connectivity index (χ1v) is 11.1. The summed E-state index contributed by atoms with van der Waals surface area (Å²) in [4.78, 5) is 14.1. The molecular weight excluding hydrogens is 414 g/mol. The summed E-state index contributed by atoms with van der Waals surface area (Å²) < 4.78 is 2.06. The number of aromatic amines is 1. The third-order valence-corrected chi connectivity index (χ3v) is 6.04. The summed E-state index contributed by atoms with van der Waals surface area (Å²) in [5, 5.41) is 19.5. The lowest BCUT2D eigenvalue weighted by Crippen LogP contribution is -2.31. The van der Waals surface area contributed by atoms with Gasteiger partial charge in [0.1, 0.15) is 11.4 Å². The number of nitrogens with one attached hydrogen (secondary N) is 2. The minimum Gasteiger partial charge on any atom is -0.315 e. The number of H-pyrrole nitrogens is 1. The molecule has 0 saturated carbocycles. The second-order valence-corrected chi connectivity index (χ2v) is 8.35. The van der Waals surface area contributed by atoms with E-state index >= 15 is 0 Å². The summed E-state index contributed by atoms with van der Waals surface area (Å²) in [5.41, 5.74) is 7.39. The first kappa shape index (κ1) is 19.7. The van der Waals surface area contributed by atoms with Crippen molar-refractivity contribution in [2.75, 3.05) is 13.1 Å². The minimum absolute atomic E-state index is 0.395. The highest BCUT2D eigenvalue weighted by molar-refractivity contribution is 5.83. The Bertz CT molecular complexity index is 1430. The molecule has 9 heteroatoms. The maximum absolute atomic E-state index is 4.86. The van der Waals surface area contributed by atoms with E-state index < -0.39 is 0 Å². The van der Waals surface area contributed by atoms with Crippen molar-refractivity contribution in [3.8, 4) is 33.9 Å².